The Morgan fingerprint density at radius 2 is 2.00 bits per heavy atom. The van der Waals surface area contributed by atoms with E-state index in [-0.39, 0.29) is 23.4 Å². The van der Waals surface area contributed by atoms with E-state index in [1.54, 1.807) is 16.8 Å². The maximum atomic E-state index is 13.9. The highest BCUT2D eigenvalue weighted by molar-refractivity contribution is 14.1. The van der Waals surface area contributed by atoms with Gasteiger partial charge in [0.05, 0.1) is 17.8 Å². The van der Waals surface area contributed by atoms with Crippen molar-refractivity contribution < 1.29 is 23.5 Å². The number of hydrogen-bond donors (Lipinski definition) is 1. The molecule has 8 heteroatoms. The van der Waals surface area contributed by atoms with Gasteiger partial charge in [-0.2, -0.15) is 0 Å². The molecule has 2 aromatic heterocycles. The minimum Gasteiger partial charge on any atom is -0.475 e. The van der Waals surface area contributed by atoms with Crippen molar-refractivity contribution in [2.45, 2.75) is 13.5 Å². The molecule has 3 aromatic rings. The highest BCUT2D eigenvalue weighted by Crippen LogP contribution is 2.27. The first kappa shape index (κ1) is 17.5. The van der Waals surface area contributed by atoms with Crippen LogP contribution in [0.1, 0.15) is 21.6 Å². The van der Waals surface area contributed by atoms with Crippen LogP contribution in [-0.2, 0) is 11.3 Å². The molecular weight excluding hydrogens is 445 g/mol. The number of hydrogen-bond acceptors (Lipinski definition) is 3. The molecule has 0 bridgehead atoms. The van der Waals surface area contributed by atoms with Gasteiger partial charge in [0, 0.05) is 20.7 Å². The fourth-order valence-electron chi connectivity index (χ4n) is 2.62. The molecule has 1 N–H and O–H groups in total. The summed E-state index contributed by atoms with van der Waals surface area (Å²) in [4.78, 5) is 27.2. The molecule has 25 heavy (non-hydrogen) atoms. The zero-order valence-electron chi connectivity index (χ0n) is 12.9. The summed E-state index contributed by atoms with van der Waals surface area (Å²) >= 11 is 1.90. The van der Waals surface area contributed by atoms with E-state index in [1.165, 1.54) is 19.1 Å². The van der Waals surface area contributed by atoms with E-state index in [0.29, 0.717) is 14.6 Å². The minimum atomic E-state index is -1.55. The topological polar surface area (TPSA) is 72.2 Å². The summed E-state index contributed by atoms with van der Waals surface area (Å²) in [5, 5.41) is 9.53. The molecule has 0 aliphatic heterocycles. The fourth-order valence-corrected chi connectivity index (χ4v) is 3.68. The molecule has 128 valence electrons. The van der Waals surface area contributed by atoms with Crippen molar-refractivity contribution in [3.8, 4) is 0 Å². The first-order chi connectivity index (χ1) is 11.8. The molecule has 0 atom stereocenters. The third-order valence-electron chi connectivity index (χ3n) is 3.82. The lowest BCUT2D eigenvalue weighted by atomic mass is 10.1. The Bertz CT molecular complexity index is 1030. The van der Waals surface area contributed by atoms with Crippen molar-refractivity contribution in [3.05, 3.63) is 62.5 Å². The zero-order chi connectivity index (χ0) is 18.3. The molecular formula is C17H11F2IN2O3. The number of carboxylic acid groups (broad SMARTS) is 1. The van der Waals surface area contributed by atoms with Crippen molar-refractivity contribution in [2.75, 3.05) is 0 Å². The number of nitrogens with zero attached hydrogens (tertiary/aromatic N) is 2. The third-order valence-corrected chi connectivity index (χ3v) is 4.94. The average Bonchev–Trinajstić information content (AvgIpc) is 2.94. The van der Waals surface area contributed by atoms with Crippen molar-refractivity contribution in [2.24, 2.45) is 0 Å². The zero-order valence-corrected chi connectivity index (χ0v) is 15.0. The minimum absolute atomic E-state index is 0.0373. The van der Waals surface area contributed by atoms with E-state index >= 15 is 0 Å². The second-order valence-corrected chi connectivity index (χ2v) is 6.49. The number of carbonyl (C=O) groups is 2. The van der Waals surface area contributed by atoms with Gasteiger partial charge in [-0.15, -0.1) is 0 Å². The molecule has 5 nitrogen and oxygen atoms in total. The number of aryl methyl sites for hydroxylation is 1. The van der Waals surface area contributed by atoms with Crippen LogP contribution in [0.2, 0.25) is 0 Å². The Kier molecular flexibility index (Phi) is 4.55. The van der Waals surface area contributed by atoms with Crippen LogP contribution < -0.4 is 0 Å². The van der Waals surface area contributed by atoms with Crippen LogP contribution in [0.3, 0.4) is 0 Å². The van der Waals surface area contributed by atoms with E-state index in [4.69, 9.17) is 5.11 Å². The second kappa shape index (κ2) is 6.51. The number of carbonyl (C=O) groups excluding carboxylic acids is 1. The number of benzene rings is 1. The number of fused-ring (bicyclic) bond motifs is 1. The molecule has 3 rings (SSSR count). The monoisotopic (exact) mass is 456 g/mol. The maximum Gasteiger partial charge on any atom is 0.377 e. The largest absolute Gasteiger partial charge is 0.475 e. The van der Waals surface area contributed by atoms with Crippen molar-refractivity contribution >= 4 is 45.4 Å². The SMILES string of the molecule is Cc1nc2c(ccn2Cc2cccc(F)c2F)c(I)c1C(=O)C(=O)O. The summed E-state index contributed by atoms with van der Waals surface area (Å²) in [6, 6.07) is 5.61. The quantitative estimate of drug-likeness (QED) is 0.371. The molecule has 0 aliphatic carbocycles. The highest BCUT2D eigenvalue weighted by Gasteiger charge is 2.24. The summed E-state index contributed by atoms with van der Waals surface area (Å²) < 4.78 is 29.4. The van der Waals surface area contributed by atoms with Crippen LogP contribution in [0.4, 0.5) is 8.78 Å². The lowest BCUT2D eigenvalue weighted by Gasteiger charge is -2.10. The number of ketones is 1. The summed E-state index contributed by atoms with van der Waals surface area (Å²) in [5.41, 5.74) is 0.935. The van der Waals surface area contributed by atoms with Gasteiger partial charge in [-0.25, -0.2) is 18.6 Å². The van der Waals surface area contributed by atoms with E-state index in [2.05, 4.69) is 4.98 Å². The standard InChI is InChI=1S/C17H11F2IN2O3/c1-8-12(15(23)17(24)25)14(20)10-5-6-22(16(10)21-8)7-9-3-2-4-11(18)13(9)19/h2-6H,7H2,1H3,(H,24,25). The van der Waals surface area contributed by atoms with Crippen LogP contribution >= 0.6 is 22.6 Å². The lowest BCUT2D eigenvalue weighted by Crippen LogP contribution is -2.17. The molecule has 0 saturated heterocycles. The molecule has 0 aliphatic rings. The van der Waals surface area contributed by atoms with Crippen LogP contribution in [0.15, 0.2) is 30.5 Å². The molecule has 2 heterocycles. The normalized spacial score (nSPS) is 11.0. The molecule has 0 amide bonds. The van der Waals surface area contributed by atoms with E-state index in [0.717, 1.165) is 6.07 Å². The Balaban J connectivity index is 2.13. The van der Waals surface area contributed by atoms with Gasteiger partial charge in [0.25, 0.3) is 5.78 Å². The summed E-state index contributed by atoms with van der Waals surface area (Å²) in [6.07, 6.45) is 1.64. The Morgan fingerprint density at radius 1 is 1.28 bits per heavy atom. The predicted octanol–water partition coefficient (Wildman–Crippen LogP) is 3.54. The first-order valence-corrected chi connectivity index (χ1v) is 8.24. The van der Waals surface area contributed by atoms with Gasteiger partial charge < -0.3 is 9.67 Å². The lowest BCUT2D eigenvalue weighted by molar-refractivity contribution is -0.131. The number of aliphatic carboxylic acids is 1. The molecule has 0 radical (unpaired) electrons. The molecule has 1 aromatic carbocycles. The molecule has 0 spiro atoms. The summed E-state index contributed by atoms with van der Waals surface area (Å²) in [6.45, 7) is 1.60. The highest BCUT2D eigenvalue weighted by atomic mass is 127. The fraction of sp³-hybridized carbons (Fsp3) is 0.118. The van der Waals surface area contributed by atoms with Gasteiger partial charge in [0.1, 0.15) is 5.65 Å². The average molecular weight is 456 g/mol. The van der Waals surface area contributed by atoms with E-state index in [9.17, 15) is 18.4 Å². The Hall–Kier alpha value is -2.36. The number of carboxylic acids is 1. The maximum absolute atomic E-state index is 13.9. The van der Waals surface area contributed by atoms with Crippen LogP contribution in [-0.4, -0.2) is 26.4 Å². The van der Waals surface area contributed by atoms with Gasteiger partial charge in [0.2, 0.25) is 0 Å². The van der Waals surface area contributed by atoms with Crippen LogP contribution in [0.25, 0.3) is 11.0 Å². The van der Waals surface area contributed by atoms with Gasteiger partial charge in [-0.05, 0) is 41.6 Å². The predicted molar refractivity (Wildman–Crippen MR) is 94.6 cm³/mol. The van der Waals surface area contributed by atoms with E-state index in [1.807, 2.05) is 22.6 Å². The molecule has 0 saturated carbocycles. The van der Waals surface area contributed by atoms with Crippen molar-refractivity contribution in [1.29, 1.82) is 0 Å². The van der Waals surface area contributed by atoms with Crippen molar-refractivity contribution in [1.82, 2.24) is 9.55 Å². The van der Waals surface area contributed by atoms with Crippen molar-refractivity contribution in [3.63, 3.8) is 0 Å². The summed E-state index contributed by atoms with van der Waals surface area (Å²) in [7, 11) is 0. The second-order valence-electron chi connectivity index (χ2n) is 5.41. The van der Waals surface area contributed by atoms with Gasteiger partial charge in [-0.3, -0.25) is 4.79 Å². The number of rotatable bonds is 4. The smallest absolute Gasteiger partial charge is 0.377 e. The van der Waals surface area contributed by atoms with E-state index < -0.39 is 23.4 Å². The number of aromatic nitrogens is 2. The third kappa shape index (κ3) is 3.01. The van der Waals surface area contributed by atoms with Gasteiger partial charge >= 0.3 is 5.97 Å². The van der Waals surface area contributed by atoms with Gasteiger partial charge in [0.15, 0.2) is 11.6 Å². The number of Topliss-reactive ketones (excluding diaryl/α,β-unsaturated/α-hetero) is 1. The molecule has 0 unspecified atom stereocenters. The molecule has 0 fully saturated rings. The Labute approximate surface area is 154 Å². The summed E-state index contributed by atoms with van der Waals surface area (Å²) in [5.74, 6) is -4.43. The van der Waals surface area contributed by atoms with Gasteiger partial charge in [-0.1, -0.05) is 12.1 Å². The first-order valence-electron chi connectivity index (χ1n) is 7.16. The van der Waals surface area contributed by atoms with Crippen LogP contribution in [0, 0.1) is 22.1 Å². The number of halogens is 3. The van der Waals surface area contributed by atoms with Crippen LogP contribution in [0.5, 0.6) is 0 Å². The Morgan fingerprint density at radius 3 is 2.68 bits per heavy atom. The number of pyridine rings is 1.